The van der Waals surface area contributed by atoms with Crippen LogP contribution in [0.25, 0.3) is 0 Å². The average Bonchev–Trinajstić information content (AvgIpc) is 2.37. The van der Waals surface area contributed by atoms with Gasteiger partial charge < -0.3 is 4.74 Å². The van der Waals surface area contributed by atoms with Crippen LogP contribution < -0.4 is 4.74 Å². The van der Waals surface area contributed by atoms with Crippen LogP contribution in [0.4, 0.5) is 0 Å². The Bertz CT molecular complexity index is 389. The second-order valence-corrected chi connectivity index (χ2v) is 5.74. The maximum Gasteiger partial charge on any atom is 0.218 e. The van der Waals surface area contributed by atoms with E-state index in [1.807, 2.05) is 0 Å². The summed E-state index contributed by atoms with van der Waals surface area (Å²) in [7, 11) is 0. The van der Waals surface area contributed by atoms with E-state index in [0.717, 1.165) is 12.4 Å². The van der Waals surface area contributed by atoms with E-state index >= 15 is 0 Å². The Hall–Kier alpha value is -0.830. The highest BCUT2D eigenvalue weighted by Crippen LogP contribution is 2.25. The normalized spacial score (nSPS) is 17.1. The topological polar surface area (TPSA) is 35.0 Å². The zero-order valence-electron chi connectivity index (χ0n) is 11.2. The first-order valence-corrected chi connectivity index (χ1v) is 7.20. The number of nitrogens with zero attached hydrogens (tertiary/aromatic N) is 2. The van der Waals surface area contributed by atoms with Gasteiger partial charge in [0.15, 0.2) is 0 Å². The van der Waals surface area contributed by atoms with Gasteiger partial charge in [0.2, 0.25) is 5.88 Å². The summed E-state index contributed by atoms with van der Waals surface area (Å²) in [4.78, 5) is 8.60. The van der Waals surface area contributed by atoms with Crippen LogP contribution in [0, 0.1) is 5.92 Å². The van der Waals surface area contributed by atoms with Gasteiger partial charge in [0, 0.05) is 12.0 Å². The SMILES string of the molecule is CC(C)c1nc(Cl)cc(OCC2CCCCC2)n1. The summed E-state index contributed by atoms with van der Waals surface area (Å²) < 4.78 is 5.78. The summed E-state index contributed by atoms with van der Waals surface area (Å²) >= 11 is 5.98. The van der Waals surface area contributed by atoms with Crippen LogP contribution in [0.2, 0.25) is 5.15 Å². The molecule has 0 aliphatic heterocycles. The molecule has 100 valence electrons. The molecule has 1 aromatic rings. The van der Waals surface area contributed by atoms with Crippen molar-refractivity contribution in [2.24, 2.45) is 5.92 Å². The van der Waals surface area contributed by atoms with Gasteiger partial charge in [0.25, 0.3) is 0 Å². The van der Waals surface area contributed by atoms with Crippen LogP contribution in [-0.4, -0.2) is 16.6 Å². The van der Waals surface area contributed by atoms with Crippen LogP contribution in [0.1, 0.15) is 57.7 Å². The first-order chi connectivity index (χ1) is 8.65. The van der Waals surface area contributed by atoms with E-state index in [-0.39, 0.29) is 5.92 Å². The Labute approximate surface area is 114 Å². The van der Waals surface area contributed by atoms with E-state index in [9.17, 15) is 0 Å². The van der Waals surface area contributed by atoms with Gasteiger partial charge in [-0.25, -0.2) is 4.98 Å². The monoisotopic (exact) mass is 268 g/mol. The lowest BCUT2D eigenvalue weighted by Gasteiger charge is -2.21. The molecule has 0 radical (unpaired) electrons. The maximum absolute atomic E-state index is 5.98. The molecule has 0 N–H and O–H groups in total. The molecule has 0 atom stereocenters. The predicted octanol–water partition coefficient (Wildman–Crippen LogP) is 4.21. The molecule has 1 fully saturated rings. The van der Waals surface area contributed by atoms with Crippen LogP contribution in [0.15, 0.2) is 6.07 Å². The van der Waals surface area contributed by atoms with Crippen molar-refractivity contribution in [3.05, 3.63) is 17.0 Å². The summed E-state index contributed by atoms with van der Waals surface area (Å²) in [5.74, 6) is 2.31. The molecular formula is C14H21ClN2O. The summed E-state index contributed by atoms with van der Waals surface area (Å²) in [5, 5.41) is 0.465. The van der Waals surface area contributed by atoms with Crippen molar-refractivity contribution in [1.29, 1.82) is 0 Å². The van der Waals surface area contributed by atoms with E-state index in [2.05, 4.69) is 23.8 Å². The fourth-order valence-corrected chi connectivity index (χ4v) is 2.48. The molecule has 1 aliphatic carbocycles. The molecule has 1 heterocycles. The number of hydrogen-bond acceptors (Lipinski definition) is 3. The quantitative estimate of drug-likeness (QED) is 0.767. The second-order valence-electron chi connectivity index (χ2n) is 5.36. The number of ether oxygens (including phenoxy) is 1. The highest BCUT2D eigenvalue weighted by Gasteiger charge is 2.15. The molecule has 0 aromatic carbocycles. The van der Waals surface area contributed by atoms with Crippen LogP contribution >= 0.6 is 11.6 Å². The average molecular weight is 269 g/mol. The lowest BCUT2D eigenvalue weighted by Crippen LogP contribution is -2.16. The molecule has 0 spiro atoms. The molecule has 0 saturated heterocycles. The van der Waals surface area contributed by atoms with Crippen molar-refractivity contribution in [3.63, 3.8) is 0 Å². The first-order valence-electron chi connectivity index (χ1n) is 6.82. The molecule has 4 heteroatoms. The number of hydrogen-bond donors (Lipinski definition) is 0. The van der Waals surface area contributed by atoms with Crippen molar-refractivity contribution in [1.82, 2.24) is 9.97 Å². The molecule has 1 aliphatic rings. The third kappa shape index (κ3) is 3.84. The van der Waals surface area contributed by atoms with E-state index < -0.39 is 0 Å². The second kappa shape index (κ2) is 6.37. The molecular weight excluding hydrogens is 248 g/mol. The standard InChI is InChI=1S/C14H21ClN2O/c1-10(2)14-16-12(15)8-13(17-14)18-9-11-6-4-3-5-7-11/h8,10-11H,3-7,9H2,1-2H3. The zero-order chi connectivity index (χ0) is 13.0. The summed E-state index contributed by atoms with van der Waals surface area (Å²) in [5.41, 5.74) is 0. The third-order valence-corrected chi connectivity index (χ3v) is 3.59. The van der Waals surface area contributed by atoms with E-state index in [4.69, 9.17) is 16.3 Å². The van der Waals surface area contributed by atoms with Gasteiger partial charge in [0.1, 0.15) is 11.0 Å². The fraction of sp³-hybridized carbons (Fsp3) is 0.714. The van der Waals surface area contributed by atoms with Crippen molar-refractivity contribution in [3.8, 4) is 5.88 Å². The minimum atomic E-state index is 0.265. The Balaban J connectivity index is 1.95. The predicted molar refractivity (Wildman–Crippen MR) is 73.2 cm³/mol. The van der Waals surface area contributed by atoms with E-state index in [0.29, 0.717) is 17.0 Å². The van der Waals surface area contributed by atoms with Crippen molar-refractivity contribution in [2.75, 3.05) is 6.61 Å². The zero-order valence-corrected chi connectivity index (χ0v) is 11.9. The molecule has 0 bridgehead atoms. The largest absolute Gasteiger partial charge is 0.477 e. The van der Waals surface area contributed by atoms with Gasteiger partial charge in [0.05, 0.1) is 6.61 Å². The van der Waals surface area contributed by atoms with Gasteiger partial charge in [-0.2, -0.15) is 4.98 Å². The Kier molecular flexibility index (Phi) is 4.81. The highest BCUT2D eigenvalue weighted by atomic mass is 35.5. The fourth-order valence-electron chi connectivity index (χ4n) is 2.30. The van der Waals surface area contributed by atoms with Gasteiger partial charge in [-0.05, 0) is 18.8 Å². The maximum atomic E-state index is 5.98. The smallest absolute Gasteiger partial charge is 0.218 e. The molecule has 1 aromatic heterocycles. The van der Waals surface area contributed by atoms with Gasteiger partial charge in [-0.1, -0.05) is 44.7 Å². The molecule has 2 rings (SSSR count). The van der Waals surface area contributed by atoms with Gasteiger partial charge in [-0.3, -0.25) is 0 Å². The van der Waals surface area contributed by atoms with Crippen molar-refractivity contribution < 1.29 is 4.74 Å². The molecule has 18 heavy (non-hydrogen) atoms. The van der Waals surface area contributed by atoms with Gasteiger partial charge >= 0.3 is 0 Å². The lowest BCUT2D eigenvalue weighted by atomic mass is 9.90. The summed E-state index contributed by atoms with van der Waals surface area (Å²) in [6.07, 6.45) is 6.57. The Morgan fingerprint density at radius 1 is 1.28 bits per heavy atom. The highest BCUT2D eigenvalue weighted by molar-refractivity contribution is 6.29. The third-order valence-electron chi connectivity index (χ3n) is 3.40. The van der Waals surface area contributed by atoms with E-state index in [1.54, 1.807) is 6.07 Å². The van der Waals surface area contributed by atoms with Crippen molar-refractivity contribution >= 4 is 11.6 Å². The first kappa shape index (κ1) is 13.6. The summed E-state index contributed by atoms with van der Waals surface area (Å²) in [6, 6.07) is 1.70. The van der Waals surface area contributed by atoms with Crippen molar-refractivity contribution in [2.45, 2.75) is 51.9 Å². The lowest BCUT2D eigenvalue weighted by molar-refractivity contribution is 0.202. The van der Waals surface area contributed by atoms with Crippen LogP contribution in [-0.2, 0) is 0 Å². The van der Waals surface area contributed by atoms with Gasteiger partial charge in [-0.15, -0.1) is 0 Å². The van der Waals surface area contributed by atoms with Crippen LogP contribution in [0.3, 0.4) is 0 Å². The number of halogens is 1. The Morgan fingerprint density at radius 2 is 2.00 bits per heavy atom. The van der Waals surface area contributed by atoms with Crippen LogP contribution in [0.5, 0.6) is 5.88 Å². The summed E-state index contributed by atoms with van der Waals surface area (Å²) in [6.45, 7) is 4.86. The molecule has 0 amide bonds. The number of rotatable bonds is 4. The molecule has 1 saturated carbocycles. The van der Waals surface area contributed by atoms with E-state index in [1.165, 1.54) is 32.1 Å². The Morgan fingerprint density at radius 3 is 2.67 bits per heavy atom. The minimum Gasteiger partial charge on any atom is -0.477 e. The minimum absolute atomic E-state index is 0.265. The molecule has 0 unspecified atom stereocenters. The molecule has 3 nitrogen and oxygen atoms in total. The number of aromatic nitrogens is 2.